The summed E-state index contributed by atoms with van der Waals surface area (Å²) in [6.45, 7) is 8.21. The molecule has 1 aliphatic rings. The van der Waals surface area contributed by atoms with Gasteiger partial charge in [0.25, 0.3) is 0 Å². The predicted molar refractivity (Wildman–Crippen MR) is 120 cm³/mol. The Labute approximate surface area is 173 Å². The highest BCUT2D eigenvalue weighted by atomic mass is 16.2. The molecule has 1 aliphatic heterocycles. The lowest BCUT2D eigenvalue weighted by atomic mass is 10.1. The van der Waals surface area contributed by atoms with Crippen LogP contribution in [0.5, 0.6) is 0 Å². The third kappa shape index (κ3) is 5.17. The van der Waals surface area contributed by atoms with Gasteiger partial charge < -0.3 is 14.7 Å². The minimum Gasteiger partial charge on any atom is -0.372 e. The Morgan fingerprint density at radius 3 is 2.21 bits per heavy atom. The van der Waals surface area contributed by atoms with Crippen molar-refractivity contribution in [3.05, 3.63) is 54.1 Å². The molecule has 1 heterocycles. The summed E-state index contributed by atoms with van der Waals surface area (Å²) < 4.78 is 0. The fourth-order valence-electron chi connectivity index (χ4n) is 3.90. The highest BCUT2D eigenvalue weighted by molar-refractivity contribution is 6.03. The Hall–Kier alpha value is -2.82. The molecule has 1 saturated heterocycles. The molecule has 0 spiro atoms. The van der Waals surface area contributed by atoms with Gasteiger partial charge in [0.15, 0.2) is 0 Å². The van der Waals surface area contributed by atoms with Gasteiger partial charge in [-0.2, -0.15) is 0 Å². The van der Waals surface area contributed by atoms with Crippen molar-refractivity contribution < 1.29 is 9.59 Å². The summed E-state index contributed by atoms with van der Waals surface area (Å²) in [7, 11) is 0. The molecule has 5 nitrogen and oxygen atoms in total. The van der Waals surface area contributed by atoms with E-state index in [4.69, 9.17) is 0 Å². The molecule has 0 N–H and O–H groups in total. The van der Waals surface area contributed by atoms with Crippen LogP contribution in [-0.4, -0.2) is 38.0 Å². The number of rotatable bonds is 6. The number of hydrogen-bond donors (Lipinski definition) is 0. The molecule has 0 aromatic heterocycles. The Balaban J connectivity index is 1.75. The van der Waals surface area contributed by atoms with Gasteiger partial charge in [-0.1, -0.05) is 12.1 Å². The number of aryl methyl sites for hydroxylation is 1. The largest absolute Gasteiger partial charge is 0.372 e. The van der Waals surface area contributed by atoms with E-state index in [1.807, 2.05) is 50.2 Å². The van der Waals surface area contributed by atoms with Gasteiger partial charge >= 0.3 is 0 Å². The molecule has 0 unspecified atom stereocenters. The third-order valence-electron chi connectivity index (χ3n) is 5.49. The van der Waals surface area contributed by atoms with Gasteiger partial charge in [-0.3, -0.25) is 9.59 Å². The molecular weight excluding hydrogens is 362 g/mol. The van der Waals surface area contributed by atoms with E-state index in [2.05, 4.69) is 17.0 Å². The lowest BCUT2D eigenvalue weighted by molar-refractivity contribution is -0.121. The number of carbonyl (C=O) groups excluding carboxylic acids is 2. The van der Waals surface area contributed by atoms with E-state index in [-0.39, 0.29) is 18.4 Å². The molecule has 2 amide bonds. The molecule has 2 aromatic rings. The maximum atomic E-state index is 13.0. The Morgan fingerprint density at radius 2 is 1.62 bits per heavy atom. The van der Waals surface area contributed by atoms with Crippen molar-refractivity contribution in [2.24, 2.45) is 0 Å². The van der Waals surface area contributed by atoms with Gasteiger partial charge in [-0.25, -0.2) is 0 Å². The van der Waals surface area contributed by atoms with Crippen molar-refractivity contribution >= 4 is 28.9 Å². The first-order chi connectivity index (χ1) is 14.0. The maximum Gasteiger partial charge on any atom is 0.247 e. The number of piperidine rings is 1. The second-order valence-corrected chi connectivity index (χ2v) is 7.65. The van der Waals surface area contributed by atoms with Crippen molar-refractivity contribution in [1.29, 1.82) is 0 Å². The standard InChI is InChI=1S/C24H31N3O2/c1-4-26(23-10-8-9-19(2)17-23)24(29)18-27(20(3)28)22-13-11-21(12-14-22)25-15-6-5-7-16-25/h8-14,17H,4-7,15-16,18H2,1-3H3. The average Bonchev–Trinajstić information content (AvgIpc) is 2.73. The molecule has 2 aromatic carbocycles. The zero-order chi connectivity index (χ0) is 20.8. The minimum absolute atomic E-state index is 0.0280. The van der Waals surface area contributed by atoms with E-state index in [1.165, 1.54) is 31.9 Å². The quantitative estimate of drug-likeness (QED) is 0.731. The zero-order valence-electron chi connectivity index (χ0n) is 17.7. The summed E-state index contributed by atoms with van der Waals surface area (Å²) in [4.78, 5) is 31.0. The first-order valence-corrected chi connectivity index (χ1v) is 10.5. The van der Waals surface area contributed by atoms with Crippen molar-refractivity contribution in [3.63, 3.8) is 0 Å². The van der Waals surface area contributed by atoms with Crippen LogP contribution in [0.1, 0.15) is 38.7 Å². The summed E-state index contributed by atoms with van der Waals surface area (Å²) in [5.41, 5.74) is 3.90. The lowest BCUT2D eigenvalue weighted by Crippen LogP contribution is -2.42. The van der Waals surface area contributed by atoms with Gasteiger partial charge in [0.05, 0.1) is 0 Å². The van der Waals surface area contributed by atoms with Crippen LogP contribution in [0.3, 0.4) is 0 Å². The minimum atomic E-state index is -0.135. The zero-order valence-corrected chi connectivity index (χ0v) is 17.7. The first kappa shape index (κ1) is 20.9. The molecule has 0 radical (unpaired) electrons. The fraction of sp³-hybridized carbons (Fsp3) is 0.417. The number of hydrogen-bond acceptors (Lipinski definition) is 3. The summed E-state index contributed by atoms with van der Waals surface area (Å²) in [6.07, 6.45) is 3.74. The Bertz CT molecular complexity index is 841. The molecule has 0 atom stereocenters. The van der Waals surface area contributed by atoms with Gasteiger partial charge in [0.2, 0.25) is 11.8 Å². The van der Waals surface area contributed by atoms with Gasteiger partial charge in [0.1, 0.15) is 6.54 Å². The molecule has 1 fully saturated rings. The summed E-state index contributed by atoms with van der Waals surface area (Å²) in [5.74, 6) is -0.224. The number of benzene rings is 2. The van der Waals surface area contributed by atoms with Gasteiger partial charge in [-0.15, -0.1) is 0 Å². The normalized spacial score (nSPS) is 13.8. The number of likely N-dealkylation sites (N-methyl/N-ethyl adjacent to an activating group) is 1. The smallest absolute Gasteiger partial charge is 0.247 e. The monoisotopic (exact) mass is 393 g/mol. The van der Waals surface area contributed by atoms with Crippen molar-refractivity contribution in [2.45, 2.75) is 40.0 Å². The lowest BCUT2D eigenvalue weighted by Gasteiger charge is -2.30. The fourth-order valence-corrected chi connectivity index (χ4v) is 3.90. The topological polar surface area (TPSA) is 43.9 Å². The van der Waals surface area contributed by atoms with Gasteiger partial charge in [-0.05, 0) is 75.1 Å². The number of anilines is 3. The molecule has 29 heavy (non-hydrogen) atoms. The number of amides is 2. The Morgan fingerprint density at radius 1 is 0.931 bits per heavy atom. The molecule has 0 saturated carbocycles. The van der Waals surface area contributed by atoms with E-state index >= 15 is 0 Å². The molecule has 154 valence electrons. The summed E-state index contributed by atoms with van der Waals surface area (Å²) >= 11 is 0. The first-order valence-electron chi connectivity index (χ1n) is 10.5. The van der Waals surface area contributed by atoms with E-state index < -0.39 is 0 Å². The number of nitrogens with zero attached hydrogens (tertiary/aromatic N) is 3. The maximum absolute atomic E-state index is 13.0. The van der Waals surface area contributed by atoms with E-state index in [0.29, 0.717) is 6.54 Å². The van der Waals surface area contributed by atoms with Crippen LogP contribution in [0.2, 0.25) is 0 Å². The molecular formula is C24H31N3O2. The van der Waals surface area contributed by atoms with Crippen molar-refractivity contribution in [1.82, 2.24) is 0 Å². The molecule has 3 rings (SSSR count). The molecule has 0 aliphatic carbocycles. The van der Waals surface area contributed by atoms with Crippen LogP contribution in [0, 0.1) is 6.92 Å². The van der Waals surface area contributed by atoms with Crippen molar-refractivity contribution in [3.8, 4) is 0 Å². The average molecular weight is 394 g/mol. The van der Waals surface area contributed by atoms with Gasteiger partial charge in [0, 0.05) is 43.6 Å². The van der Waals surface area contributed by atoms with Crippen LogP contribution in [0.4, 0.5) is 17.1 Å². The van der Waals surface area contributed by atoms with E-state index in [9.17, 15) is 9.59 Å². The van der Waals surface area contributed by atoms with E-state index in [0.717, 1.165) is 30.0 Å². The third-order valence-corrected chi connectivity index (χ3v) is 5.49. The van der Waals surface area contributed by atoms with E-state index in [1.54, 1.807) is 9.80 Å². The van der Waals surface area contributed by atoms with Crippen molar-refractivity contribution in [2.75, 3.05) is 40.9 Å². The second kappa shape index (κ2) is 9.59. The highest BCUT2D eigenvalue weighted by Crippen LogP contribution is 2.24. The second-order valence-electron chi connectivity index (χ2n) is 7.65. The van der Waals surface area contributed by atoms with Crippen LogP contribution >= 0.6 is 0 Å². The highest BCUT2D eigenvalue weighted by Gasteiger charge is 2.21. The molecule has 5 heteroatoms. The van der Waals surface area contributed by atoms with Crippen LogP contribution in [-0.2, 0) is 9.59 Å². The summed E-state index contributed by atoms with van der Waals surface area (Å²) in [5, 5.41) is 0. The molecule has 0 bridgehead atoms. The van der Waals surface area contributed by atoms with Crippen LogP contribution in [0.25, 0.3) is 0 Å². The predicted octanol–water partition coefficient (Wildman–Crippen LogP) is 4.39. The Kier molecular flexibility index (Phi) is 6.91. The summed E-state index contributed by atoms with van der Waals surface area (Å²) in [6, 6.07) is 15.9. The number of carbonyl (C=O) groups is 2. The van der Waals surface area contributed by atoms with Crippen LogP contribution < -0.4 is 14.7 Å². The SMILES string of the molecule is CCN(C(=O)CN(C(C)=O)c1ccc(N2CCCCC2)cc1)c1cccc(C)c1. The van der Waals surface area contributed by atoms with Crippen LogP contribution in [0.15, 0.2) is 48.5 Å².